The number of rotatable bonds is 13. The molecule has 0 fully saturated rings. The van der Waals surface area contributed by atoms with E-state index in [4.69, 9.17) is 30.1 Å². The van der Waals surface area contributed by atoms with Crippen LogP contribution in [-0.4, -0.2) is 63.6 Å². The molecule has 12 nitrogen and oxygen atoms in total. The zero-order valence-corrected chi connectivity index (χ0v) is 22.6. The highest BCUT2D eigenvalue weighted by Gasteiger charge is 2.32. The molecule has 0 bridgehead atoms. The number of urea groups is 1. The number of ether oxygens (including phenoxy) is 5. The number of benzene rings is 2. The fourth-order valence-electron chi connectivity index (χ4n) is 3.88. The summed E-state index contributed by atoms with van der Waals surface area (Å²) in [4.78, 5) is 24.5. The van der Waals surface area contributed by atoms with Crippen LogP contribution in [0.4, 0.5) is 4.79 Å². The van der Waals surface area contributed by atoms with Crippen LogP contribution in [0.3, 0.4) is 0 Å². The van der Waals surface area contributed by atoms with Crippen molar-refractivity contribution in [2.75, 3.05) is 34.0 Å². The second-order valence-electron chi connectivity index (χ2n) is 8.29. The molecule has 40 heavy (non-hydrogen) atoms. The molecule has 0 aromatic heterocycles. The quantitative estimate of drug-likeness (QED) is 0.0965. The number of hydrazone groups is 1. The van der Waals surface area contributed by atoms with Crippen molar-refractivity contribution in [3.8, 4) is 35.3 Å². The molecule has 2 aromatic rings. The van der Waals surface area contributed by atoms with Gasteiger partial charge in [0.25, 0.3) is 0 Å². The number of terminal acetylenes is 1. The van der Waals surface area contributed by atoms with Crippen LogP contribution in [0.2, 0.25) is 0 Å². The van der Waals surface area contributed by atoms with Crippen molar-refractivity contribution in [1.29, 1.82) is 0 Å². The van der Waals surface area contributed by atoms with E-state index in [9.17, 15) is 14.7 Å². The molecule has 2 atom stereocenters. The maximum Gasteiger partial charge on any atom is 0.337 e. The zero-order valence-electron chi connectivity index (χ0n) is 22.6. The van der Waals surface area contributed by atoms with E-state index in [0.717, 1.165) is 0 Å². The molecule has 0 spiro atoms. The predicted molar refractivity (Wildman–Crippen MR) is 146 cm³/mol. The third-order valence-corrected chi connectivity index (χ3v) is 5.63. The summed E-state index contributed by atoms with van der Waals surface area (Å²) >= 11 is 0. The van der Waals surface area contributed by atoms with Gasteiger partial charge in [-0.1, -0.05) is 18.1 Å². The summed E-state index contributed by atoms with van der Waals surface area (Å²) in [6, 6.07) is 9.00. The molecular weight excluding hydrogens is 520 g/mol. The van der Waals surface area contributed by atoms with Gasteiger partial charge in [-0.25, -0.2) is 9.59 Å². The van der Waals surface area contributed by atoms with E-state index in [1.165, 1.54) is 20.4 Å². The average Bonchev–Trinajstić information content (AvgIpc) is 2.95. The van der Waals surface area contributed by atoms with Crippen LogP contribution in [-0.2, 0) is 9.53 Å². The van der Waals surface area contributed by atoms with Crippen molar-refractivity contribution < 1.29 is 38.4 Å². The second kappa shape index (κ2) is 14.3. The van der Waals surface area contributed by atoms with Crippen LogP contribution in [0.5, 0.6) is 23.0 Å². The summed E-state index contributed by atoms with van der Waals surface area (Å²) in [5.74, 6) is 3.44. The minimum atomic E-state index is -1.17. The van der Waals surface area contributed by atoms with Crippen molar-refractivity contribution in [3.05, 3.63) is 58.8 Å². The molecule has 0 saturated heterocycles. The highest BCUT2D eigenvalue weighted by Crippen LogP contribution is 2.35. The summed E-state index contributed by atoms with van der Waals surface area (Å²) in [6.45, 7) is 3.63. The minimum absolute atomic E-state index is 0.0516. The van der Waals surface area contributed by atoms with Gasteiger partial charge >= 0.3 is 12.0 Å². The summed E-state index contributed by atoms with van der Waals surface area (Å²) in [5, 5.41) is 19.7. The predicted octanol–water partition coefficient (Wildman–Crippen LogP) is 2.23. The van der Waals surface area contributed by atoms with Gasteiger partial charge in [0.15, 0.2) is 29.2 Å². The number of nitrogens with one attached hydrogen (secondary N) is 3. The molecule has 4 N–H and O–H groups in total. The van der Waals surface area contributed by atoms with Gasteiger partial charge in [-0.3, -0.25) is 5.43 Å². The number of hydrogen-bond acceptors (Lipinski definition) is 10. The van der Waals surface area contributed by atoms with Crippen molar-refractivity contribution in [1.82, 2.24) is 16.1 Å². The molecule has 12 heteroatoms. The van der Waals surface area contributed by atoms with E-state index in [-0.39, 0.29) is 18.8 Å². The Morgan fingerprint density at radius 2 is 2.00 bits per heavy atom. The van der Waals surface area contributed by atoms with Crippen LogP contribution < -0.4 is 35.0 Å². The van der Waals surface area contributed by atoms with Gasteiger partial charge in [-0.2, -0.15) is 5.10 Å². The molecular formula is C28H32N4O8. The SMILES string of the molecule is C#CCOc1c(/C=N/N[C@@H](O)COc2ccc([C@H]3NC(=O)NC(C)=C3C(=O)OC)cc2OCC)cccc1OC. The first-order valence-electron chi connectivity index (χ1n) is 12.3. The largest absolute Gasteiger partial charge is 0.493 e. The number of amides is 2. The van der Waals surface area contributed by atoms with Crippen LogP contribution in [0, 0.1) is 12.3 Å². The van der Waals surface area contributed by atoms with Gasteiger partial charge in [0.05, 0.1) is 38.7 Å². The summed E-state index contributed by atoms with van der Waals surface area (Å²) < 4.78 is 27.3. The van der Waals surface area contributed by atoms with Crippen LogP contribution in [0.1, 0.15) is 31.0 Å². The van der Waals surface area contributed by atoms with Crippen molar-refractivity contribution >= 4 is 18.2 Å². The van der Waals surface area contributed by atoms with E-state index in [0.29, 0.717) is 46.4 Å². The molecule has 1 heterocycles. The molecule has 2 aromatic carbocycles. The molecule has 3 rings (SSSR count). The number of methoxy groups -OCH3 is 2. The van der Waals surface area contributed by atoms with Gasteiger partial charge < -0.3 is 39.4 Å². The number of nitrogens with zero attached hydrogens (tertiary/aromatic N) is 1. The van der Waals surface area contributed by atoms with E-state index in [1.807, 2.05) is 0 Å². The lowest BCUT2D eigenvalue weighted by atomic mass is 9.95. The Bertz CT molecular complexity index is 1320. The molecule has 212 valence electrons. The molecule has 0 aliphatic carbocycles. The summed E-state index contributed by atoms with van der Waals surface area (Å²) in [7, 11) is 2.78. The maximum atomic E-state index is 12.4. The van der Waals surface area contributed by atoms with Crippen LogP contribution in [0.25, 0.3) is 0 Å². The van der Waals surface area contributed by atoms with Crippen molar-refractivity contribution in [2.45, 2.75) is 26.1 Å². The first-order valence-corrected chi connectivity index (χ1v) is 12.3. The first kappa shape index (κ1) is 29.7. The molecule has 2 amide bonds. The van der Waals surface area contributed by atoms with E-state index in [2.05, 4.69) is 27.1 Å². The average molecular weight is 553 g/mol. The fourth-order valence-corrected chi connectivity index (χ4v) is 3.88. The second-order valence-corrected chi connectivity index (χ2v) is 8.29. The van der Waals surface area contributed by atoms with Crippen LogP contribution >= 0.6 is 0 Å². The van der Waals surface area contributed by atoms with Gasteiger partial charge in [0, 0.05) is 11.3 Å². The molecule has 0 radical (unpaired) electrons. The van der Waals surface area contributed by atoms with E-state index < -0.39 is 24.3 Å². The number of allylic oxidation sites excluding steroid dienone is 1. The smallest absolute Gasteiger partial charge is 0.337 e. The Morgan fingerprint density at radius 1 is 1.20 bits per heavy atom. The Hall–Kier alpha value is -4.89. The Labute approximate surface area is 232 Å². The van der Waals surface area contributed by atoms with Gasteiger partial charge in [0.2, 0.25) is 0 Å². The maximum absolute atomic E-state index is 12.4. The molecule has 1 aliphatic heterocycles. The van der Waals surface area contributed by atoms with Gasteiger partial charge in [-0.15, -0.1) is 6.42 Å². The van der Waals surface area contributed by atoms with Gasteiger partial charge in [-0.05, 0) is 43.7 Å². The number of carbonyl (C=O) groups is 2. The standard InChI is InChI=1S/C28H32N4O8/c1-6-13-39-26-19(9-8-10-21(26)36-4)15-29-32-23(33)16-40-20-12-11-18(14-22(20)38-7-2)25-24(27(34)37-5)17(3)30-28(35)31-25/h1,8-12,14-15,23,25,32-33H,7,13,16H2,2-5H3,(H2,30,31,35)/b29-15+/t23-,25+/m0/s1. The lowest BCUT2D eigenvalue weighted by Crippen LogP contribution is -2.45. The van der Waals surface area contributed by atoms with Crippen molar-refractivity contribution in [3.63, 3.8) is 0 Å². The monoisotopic (exact) mass is 552 g/mol. The highest BCUT2D eigenvalue weighted by atomic mass is 16.5. The topological polar surface area (TPSA) is 149 Å². The molecule has 0 saturated carbocycles. The van der Waals surface area contributed by atoms with Crippen molar-refractivity contribution in [2.24, 2.45) is 5.10 Å². The number of para-hydroxylation sites is 1. The number of hydrogen-bond donors (Lipinski definition) is 4. The Morgan fingerprint density at radius 3 is 2.70 bits per heavy atom. The van der Waals surface area contributed by atoms with E-state index >= 15 is 0 Å². The molecule has 0 unspecified atom stereocenters. The third-order valence-electron chi connectivity index (χ3n) is 5.63. The number of esters is 1. The third kappa shape index (κ3) is 7.36. The lowest BCUT2D eigenvalue weighted by molar-refractivity contribution is -0.136. The Kier molecular flexibility index (Phi) is 10.6. The normalized spacial score (nSPS) is 15.4. The lowest BCUT2D eigenvalue weighted by Gasteiger charge is -2.28. The Balaban J connectivity index is 1.71. The minimum Gasteiger partial charge on any atom is -0.493 e. The van der Waals surface area contributed by atoms with Crippen LogP contribution in [0.15, 0.2) is 52.8 Å². The highest BCUT2D eigenvalue weighted by molar-refractivity contribution is 5.95. The number of aliphatic hydroxyl groups is 1. The summed E-state index contributed by atoms with van der Waals surface area (Å²) in [6.07, 6.45) is 5.58. The zero-order chi connectivity index (χ0) is 29.1. The number of carbonyl (C=O) groups excluding carboxylic acids is 2. The molecule has 1 aliphatic rings. The van der Waals surface area contributed by atoms with Gasteiger partial charge in [0.1, 0.15) is 13.2 Å². The fraction of sp³-hybridized carbons (Fsp3) is 0.321. The van der Waals surface area contributed by atoms with E-state index in [1.54, 1.807) is 50.2 Å². The number of aliphatic hydroxyl groups excluding tert-OH is 1. The summed E-state index contributed by atoms with van der Waals surface area (Å²) in [5.41, 5.74) is 4.40. The first-order chi connectivity index (χ1) is 19.3.